The molecule has 0 aliphatic carbocycles. The van der Waals surface area contributed by atoms with E-state index in [4.69, 9.17) is 9.88 Å². The molecular weight excluding hydrogens is 342 g/mol. The van der Waals surface area contributed by atoms with Gasteiger partial charge in [-0.05, 0) is 30.7 Å². The topological polar surface area (TPSA) is 69.4 Å². The predicted octanol–water partition coefficient (Wildman–Crippen LogP) is 2.98. The van der Waals surface area contributed by atoms with Crippen molar-refractivity contribution in [2.75, 3.05) is 0 Å². The van der Waals surface area contributed by atoms with Crippen LogP contribution in [0, 0.1) is 6.92 Å². The van der Waals surface area contributed by atoms with Crippen LogP contribution in [0.5, 0.6) is 5.75 Å². The lowest BCUT2D eigenvalue weighted by Crippen LogP contribution is -2.14. The van der Waals surface area contributed by atoms with E-state index in [9.17, 15) is 8.42 Å². The Morgan fingerprint density at radius 3 is 2.60 bits per heavy atom. The second kappa shape index (κ2) is 5.95. The molecule has 0 unspecified atom stereocenters. The van der Waals surface area contributed by atoms with Crippen molar-refractivity contribution in [3.8, 4) is 5.75 Å². The van der Waals surface area contributed by atoms with Gasteiger partial charge in [0, 0.05) is 4.47 Å². The zero-order valence-corrected chi connectivity index (χ0v) is 13.2. The molecule has 0 fully saturated rings. The van der Waals surface area contributed by atoms with Gasteiger partial charge in [0.1, 0.15) is 17.3 Å². The van der Waals surface area contributed by atoms with Crippen molar-refractivity contribution < 1.29 is 13.2 Å². The molecule has 2 N–H and O–H groups in total. The molecule has 0 heterocycles. The number of primary sulfonamides is 1. The van der Waals surface area contributed by atoms with Gasteiger partial charge in [-0.2, -0.15) is 0 Å². The highest BCUT2D eigenvalue weighted by Gasteiger charge is 2.15. The molecule has 6 heteroatoms. The third-order valence-corrected chi connectivity index (χ3v) is 4.11. The first-order chi connectivity index (χ1) is 9.36. The maximum atomic E-state index is 11.5. The minimum absolute atomic E-state index is 0.0282. The third-order valence-electron chi connectivity index (χ3n) is 2.69. The van der Waals surface area contributed by atoms with Gasteiger partial charge in [0.2, 0.25) is 10.0 Å². The Hall–Kier alpha value is -1.37. The van der Waals surface area contributed by atoms with Crippen LogP contribution in [0.3, 0.4) is 0 Å². The molecular formula is C14H14BrNO3S. The molecule has 0 spiro atoms. The highest BCUT2D eigenvalue weighted by atomic mass is 79.9. The summed E-state index contributed by atoms with van der Waals surface area (Å²) in [6.07, 6.45) is 0. The van der Waals surface area contributed by atoms with Crippen LogP contribution in [0.2, 0.25) is 0 Å². The van der Waals surface area contributed by atoms with E-state index in [-0.39, 0.29) is 17.3 Å². The number of aryl methyl sites for hydroxylation is 1. The number of halogens is 1. The number of hydrogen-bond acceptors (Lipinski definition) is 3. The van der Waals surface area contributed by atoms with Crippen LogP contribution in [0.25, 0.3) is 0 Å². The Labute approximate surface area is 126 Å². The minimum Gasteiger partial charge on any atom is -0.487 e. The summed E-state index contributed by atoms with van der Waals surface area (Å²) in [5.74, 6) is 0.247. The number of hydrogen-bond donors (Lipinski definition) is 1. The monoisotopic (exact) mass is 355 g/mol. The molecule has 0 bridgehead atoms. The van der Waals surface area contributed by atoms with Crippen LogP contribution >= 0.6 is 15.9 Å². The second-order valence-electron chi connectivity index (χ2n) is 4.41. The van der Waals surface area contributed by atoms with Crippen LogP contribution in [-0.4, -0.2) is 8.42 Å². The molecule has 20 heavy (non-hydrogen) atoms. The standard InChI is InChI=1S/C14H14BrNO3S/c1-10-3-2-4-11(7-10)9-19-13-6-5-12(15)8-14(13)20(16,17)18/h2-8H,9H2,1H3,(H2,16,17,18). The van der Waals surface area contributed by atoms with E-state index < -0.39 is 10.0 Å². The molecule has 0 saturated heterocycles. The number of nitrogens with two attached hydrogens (primary N) is 1. The van der Waals surface area contributed by atoms with Gasteiger partial charge in [-0.15, -0.1) is 0 Å². The Bertz CT molecular complexity index is 729. The molecule has 2 aromatic carbocycles. The maximum Gasteiger partial charge on any atom is 0.241 e. The van der Waals surface area contributed by atoms with Crippen LogP contribution in [0.4, 0.5) is 0 Å². The first-order valence-electron chi connectivity index (χ1n) is 5.87. The lowest BCUT2D eigenvalue weighted by Gasteiger charge is -2.11. The summed E-state index contributed by atoms with van der Waals surface area (Å²) >= 11 is 3.22. The number of rotatable bonds is 4. The molecule has 0 saturated carbocycles. The van der Waals surface area contributed by atoms with Gasteiger partial charge in [-0.1, -0.05) is 45.8 Å². The molecule has 0 aromatic heterocycles. The van der Waals surface area contributed by atoms with E-state index >= 15 is 0 Å². The summed E-state index contributed by atoms with van der Waals surface area (Å²) in [5.41, 5.74) is 2.09. The number of benzene rings is 2. The van der Waals surface area contributed by atoms with E-state index in [0.29, 0.717) is 4.47 Å². The minimum atomic E-state index is -3.82. The Morgan fingerprint density at radius 1 is 1.20 bits per heavy atom. The average Bonchev–Trinajstić information content (AvgIpc) is 2.36. The van der Waals surface area contributed by atoms with Crippen molar-refractivity contribution >= 4 is 26.0 Å². The van der Waals surface area contributed by atoms with E-state index in [1.165, 1.54) is 6.07 Å². The van der Waals surface area contributed by atoms with E-state index in [0.717, 1.165) is 11.1 Å². The first kappa shape index (κ1) is 15.0. The van der Waals surface area contributed by atoms with Gasteiger partial charge in [0.15, 0.2) is 0 Å². The fraction of sp³-hybridized carbons (Fsp3) is 0.143. The molecule has 106 valence electrons. The Kier molecular flexibility index (Phi) is 4.47. The third kappa shape index (κ3) is 3.82. The van der Waals surface area contributed by atoms with Crippen molar-refractivity contribution in [2.24, 2.45) is 5.14 Å². The van der Waals surface area contributed by atoms with Gasteiger partial charge in [0.05, 0.1) is 0 Å². The highest BCUT2D eigenvalue weighted by Crippen LogP contribution is 2.27. The highest BCUT2D eigenvalue weighted by molar-refractivity contribution is 9.10. The maximum absolute atomic E-state index is 11.5. The molecule has 0 aliphatic heterocycles. The van der Waals surface area contributed by atoms with Gasteiger partial charge in [-0.25, -0.2) is 13.6 Å². The van der Waals surface area contributed by atoms with Crippen LogP contribution < -0.4 is 9.88 Å². The Balaban J connectivity index is 2.26. The van der Waals surface area contributed by atoms with E-state index in [1.54, 1.807) is 12.1 Å². The largest absolute Gasteiger partial charge is 0.487 e. The van der Waals surface area contributed by atoms with Crippen molar-refractivity contribution in [1.82, 2.24) is 0 Å². The molecule has 0 radical (unpaired) electrons. The van der Waals surface area contributed by atoms with Crippen molar-refractivity contribution in [2.45, 2.75) is 18.4 Å². The summed E-state index contributed by atoms with van der Waals surface area (Å²) in [6.45, 7) is 2.27. The van der Waals surface area contributed by atoms with Gasteiger partial charge >= 0.3 is 0 Å². The van der Waals surface area contributed by atoms with Crippen molar-refractivity contribution in [3.05, 3.63) is 58.1 Å². The normalized spacial score (nSPS) is 11.3. The lowest BCUT2D eigenvalue weighted by molar-refractivity contribution is 0.298. The van der Waals surface area contributed by atoms with E-state index in [2.05, 4.69) is 15.9 Å². The predicted molar refractivity (Wildman–Crippen MR) is 81.0 cm³/mol. The van der Waals surface area contributed by atoms with E-state index in [1.807, 2.05) is 31.2 Å². The second-order valence-corrected chi connectivity index (χ2v) is 6.86. The van der Waals surface area contributed by atoms with Gasteiger partial charge < -0.3 is 4.74 Å². The lowest BCUT2D eigenvalue weighted by atomic mass is 10.1. The van der Waals surface area contributed by atoms with Crippen molar-refractivity contribution in [1.29, 1.82) is 0 Å². The zero-order chi connectivity index (χ0) is 14.8. The van der Waals surface area contributed by atoms with Gasteiger partial charge in [0.25, 0.3) is 0 Å². The molecule has 2 aromatic rings. The fourth-order valence-corrected chi connectivity index (χ4v) is 3.00. The molecule has 0 aliphatic rings. The molecule has 4 nitrogen and oxygen atoms in total. The average molecular weight is 356 g/mol. The van der Waals surface area contributed by atoms with Crippen LogP contribution in [-0.2, 0) is 16.6 Å². The summed E-state index contributed by atoms with van der Waals surface area (Å²) in [7, 11) is -3.82. The van der Waals surface area contributed by atoms with Crippen LogP contribution in [0.15, 0.2) is 51.8 Å². The fourth-order valence-electron chi connectivity index (χ4n) is 1.79. The Morgan fingerprint density at radius 2 is 1.95 bits per heavy atom. The summed E-state index contributed by atoms with van der Waals surface area (Å²) in [4.78, 5) is -0.0282. The van der Waals surface area contributed by atoms with Crippen molar-refractivity contribution in [3.63, 3.8) is 0 Å². The SMILES string of the molecule is Cc1cccc(COc2ccc(Br)cc2S(N)(=O)=O)c1. The van der Waals surface area contributed by atoms with Gasteiger partial charge in [-0.3, -0.25) is 0 Å². The molecule has 0 atom stereocenters. The first-order valence-corrected chi connectivity index (χ1v) is 8.21. The summed E-state index contributed by atoms with van der Waals surface area (Å²) in [5, 5.41) is 5.19. The number of ether oxygens (including phenoxy) is 1. The van der Waals surface area contributed by atoms with Crippen LogP contribution in [0.1, 0.15) is 11.1 Å². The summed E-state index contributed by atoms with van der Waals surface area (Å²) < 4.78 is 29.3. The summed E-state index contributed by atoms with van der Waals surface area (Å²) in [6, 6.07) is 12.5. The molecule has 0 amide bonds. The smallest absolute Gasteiger partial charge is 0.241 e. The zero-order valence-electron chi connectivity index (χ0n) is 10.8. The quantitative estimate of drug-likeness (QED) is 0.916. The molecule has 2 rings (SSSR count). The number of sulfonamides is 1.